The summed E-state index contributed by atoms with van der Waals surface area (Å²) in [5.41, 5.74) is 1.91. The Morgan fingerprint density at radius 3 is 2.52 bits per heavy atom. The first kappa shape index (κ1) is 21.5. The molecule has 7 nitrogen and oxygen atoms in total. The maximum absolute atomic E-state index is 13.0. The summed E-state index contributed by atoms with van der Waals surface area (Å²) in [6.07, 6.45) is 0.222. The minimum absolute atomic E-state index is 0.0468. The van der Waals surface area contributed by atoms with Crippen molar-refractivity contribution in [3.63, 3.8) is 0 Å². The average Bonchev–Trinajstić information content (AvgIpc) is 3.23. The van der Waals surface area contributed by atoms with Crippen LogP contribution in [0.4, 0.5) is 5.69 Å². The van der Waals surface area contributed by atoms with Crippen LogP contribution in [0.25, 0.3) is 0 Å². The van der Waals surface area contributed by atoms with Crippen molar-refractivity contribution in [1.29, 1.82) is 0 Å². The Labute approximate surface area is 185 Å². The van der Waals surface area contributed by atoms with Gasteiger partial charge in [0.1, 0.15) is 9.77 Å². The highest BCUT2D eigenvalue weighted by Crippen LogP contribution is 2.33. The lowest BCUT2D eigenvalue weighted by molar-refractivity contribution is 0.0935. The fraction of sp³-hybridized carbons (Fsp3) is 0.190. The topological polar surface area (TPSA) is 109 Å². The Hall–Kier alpha value is -2.69. The minimum Gasteiger partial charge on any atom is -0.344 e. The first-order chi connectivity index (χ1) is 14.7. The zero-order chi connectivity index (χ0) is 22.2. The molecule has 1 aromatic heterocycles. The number of hydrogen-bond donors (Lipinski definition) is 2. The number of sulfone groups is 1. The van der Waals surface area contributed by atoms with E-state index in [1.807, 2.05) is 6.92 Å². The Balaban J connectivity index is 1.59. The van der Waals surface area contributed by atoms with Crippen LogP contribution in [0.2, 0.25) is 0 Å². The lowest BCUT2D eigenvalue weighted by atomic mass is 10.0. The minimum atomic E-state index is -3.97. The molecule has 162 valence electrons. The van der Waals surface area contributed by atoms with Gasteiger partial charge in [-0.3, -0.25) is 9.52 Å². The number of benzene rings is 2. The molecule has 0 fully saturated rings. The number of aryl methyl sites for hydroxylation is 1. The van der Waals surface area contributed by atoms with Gasteiger partial charge >= 0.3 is 0 Å². The van der Waals surface area contributed by atoms with E-state index in [-0.39, 0.29) is 26.8 Å². The van der Waals surface area contributed by atoms with Crippen molar-refractivity contribution in [2.75, 3.05) is 10.5 Å². The maximum Gasteiger partial charge on any atom is 0.263 e. The van der Waals surface area contributed by atoms with Crippen LogP contribution in [0.5, 0.6) is 0 Å². The molecular weight excluding hydrogens is 456 g/mol. The summed E-state index contributed by atoms with van der Waals surface area (Å²) in [4.78, 5) is 13.1. The summed E-state index contributed by atoms with van der Waals surface area (Å²) in [7, 11) is -7.36. The van der Waals surface area contributed by atoms with Crippen molar-refractivity contribution in [2.24, 2.45) is 0 Å². The van der Waals surface area contributed by atoms with Crippen molar-refractivity contribution < 1.29 is 21.6 Å². The molecule has 0 spiro atoms. The molecular formula is C21H20N2O5S3. The quantitative estimate of drug-likeness (QED) is 0.586. The van der Waals surface area contributed by atoms with Crippen LogP contribution in [-0.2, 0) is 19.9 Å². The number of amides is 1. The zero-order valence-corrected chi connectivity index (χ0v) is 19.0. The third-order valence-corrected chi connectivity index (χ3v) is 9.32. The lowest BCUT2D eigenvalue weighted by Crippen LogP contribution is -2.34. The van der Waals surface area contributed by atoms with Gasteiger partial charge in [-0.1, -0.05) is 35.9 Å². The molecule has 1 aliphatic heterocycles. The molecule has 1 aliphatic rings. The van der Waals surface area contributed by atoms with Gasteiger partial charge in [-0.15, -0.1) is 11.3 Å². The number of thiophene rings is 1. The molecule has 3 aromatic rings. The molecule has 10 heteroatoms. The molecule has 2 heterocycles. The Morgan fingerprint density at radius 2 is 1.77 bits per heavy atom. The lowest BCUT2D eigenvalue weighted by Gasteiger charge is -2.26. The van der Waals surface area contributed by atoms with Crippen molar-refractivity contribution in [3.8, 4) is 0 Å². The predicted octanol–water partition coefficient (Wildman–Crippen LogP) is 3.51. The van der Waals surface area contributed by atoms with Crippen molar-refractivity contribution in [3.05, 3.63) is 76.0 Å². The van der Waals surface area contributed by atoms with E-state index in [9.17, 15) is 21.6 Å². The van der Waals surface area contributed by atoms with Gasteiger partial charge in [-0.2, -0.15) is 0 Å². The monoisotopic (exact) mass is 476 g/mol. The third-order valence-electron chi connectivity index (χ3n) is 5.04. The van der Waals surface area contributed by atoms with E-state index in [1.165, 1.54) is 17.5 Å². The molecule has 0 bridgehead atoms. The average molecular weight is 477 g/mol. The maximum atomic E-state index is 13.0. The van der Waals surface area contributed by atoms with E-state index in [4.69, 9.17) is 0 Å². The first-order valence-corrected chi connectivity index (χ1v) is 13.5. The summed E-state index contributed by atoms with van der Waals surface area (Å²) < 4.78 is 52.9. The van der Waals surface area contributed by atoms with Crippen LogP contribution in [0, 0.1) is 6.92 Å². The molecule has 31 heavy (non-hydrogen) atoms. The van der Waals surface area contributed by atoms with Crippen LogP contribution >= 0.6 is 11.3 Å². The summed E-state index contributed by atoms with van der Waals surface area (Å²) in [6, 6.07) is 14.3. The van der Waals surface area contributed by atoms with Crippen molar-refractivity contribution >= 4 is 42.8 Å². The number of sulfonamides is 1. The number of carbonyl (C=O) groups is 1. The summed E-state index contributed by atoms with van der Waals surface area (Å²) in [6.45, 7) is 1.90. The summed E-state index contributed by atoms with van der Waals surface area (Å²) >= 11 is 1.02. The third kappa shape index (κ3) is 4.36. The molecule has 0 radical (unpaired) electrons. The van der Waals surface area contributed by atoms with Gasteiger partial charge in [0.2, 0.25) is 0 Å². The number of nitrogens with one attached hydrogen (secondary N) is 2. The van der Waals surface area contributed by atoms with Gasteiger partial charge < -0.3 is 5.32 Å². The van der Waals surface area contributed by atoms with E-state index >= 15 is 0 Å². The highest BCUT2D eigenvalue weighted by atomic mass is 32.2. The van der Waals surface area contributed by atoms with Gasteiger partial charge in [-0.05, 0) is 48.6 Å². The van der Waals surface area contributed by atoms with Crippen molar-refractivity contribution in [1.82, 2.24) is 5.32 Å². The van der Waals surface area contributed by atoms with E-state index in [1.54, 1.807) is 42.5 Å². The van der Waals surface area contributed by atoms with Gasteiger partial charge in [0.25, 0.3) is 15.9 Å². The molecule has 0 saturated carbocycles. The smallest absolute Gasteiger partial charge is 0.263 e. The Kier molecular flexibility index (Phi) is 5.63. The van der Waals surface area contributed by atoms with Gasteiger partial charge in [0.05, 0.1) is 16.7 Å². The molecule has 1 unspecified atom stereocenters. The second kappa shape index (κ2) is 8.10. The number of fused-ring (bicyclic) bond motifs is 1. The highest BCUT2D eigenvalue weighted by Gasteiger charge is 2.32. The van der Waals surface area contributed by atoms with Gasteiger partial charge in [0, 0.05) is 5.69 Å². The standard InChI is InChI=1S/C21H20N2O5S3/c1-14-6-8-15(9-7-14)23-31(27,28)19-10-12-29-20(19)21(24)22-17-11-13-30(25,26)18-5-3-2-4-16(17)18/h2-10,12,17,23H,11,13H2,1H3,(H,22,24). The number of hydrogen-bond acceptors (Lipinski definition) is 6. The fourth-order valence-electron chi connectivity index (χ4n) is 3.47. The van der Waals surface area contributed by atoms with E-state index in [0.29, 0.717) is 11.3 Å². The number of anilines is 1. The Morgan fingerprint density at radius 1 is 1.06 bits per heavy atom. The molecule has 2 aromatic carbocycles. The van der Waals surface area contributed by atoms with Crippen LogP contribution in [0.1, 0.15) is 33.3 Å². The molecule has 1 atom stereocenters. The van der Waals surface area contributed by atoms with E-state index < -0.39 is 31.8 Å². The predicted molar refractivity (Wildman–Crippen MR) is 120 cm³/mol. The van der Waals surface area contributed by atoms with Crippen LogP contribution in [-0.4, -0.2) is 28.5 Å². The normalized spacial score (nSPS) is 17.5. The highest BCUT2D eigenvalue weighted by molar-refractivity contribution is 7.93. The van der Waals surface area contributed by atoms with Crippen LogP contribution < -0.4 is 10.0 Å². The van der Waals surface area contributed by atoms with Crippen molar-refractivity contribution in [2.45, 2.75) is 29.2 Å². The second-order valence-corrected chi connectivity index (χ2v) is 11.9. The fourth-order valence-corrected chi connectivity index (χ4v) is 7.48. The van der Waals surface area contributed by atoms with E-state index in [0.717, 1.165) is 16.9 Å². The second-order valence-electron chi connectivity index (χ2n) is 7.26. The zero-order valence-electron chi connectivity index (χ0n) is 16.5. The van der Waals surface area contributed by atoms with Crippen LogP contribution in [0.3, 0.4) is 0 Å². The van der Waals surface area contributed by atoms with Crippen LogP contribution in [0.15, 0.2) is 69.8 Å². The van der Waals surface area contributed by atoms with E-state index in [2.05, 4.69) is 10.0 Å². The van der Waals surface area contributed by atoms with Gasteiger partial charge in [-0.25, -0.2) is 16.8 Å². The first-order valence-electron chi connectivity index (χ1n) is 9.47. The number of carbonyl (C=O) groups excluding carboxylic acids is 1. The SMILES string of the molecule is Cc1ccc(NS(=O)(=O)c2ccsc2C(=O)NC2CCS(=O)(=O)c3ccccc32)cc1. The molecule has 0 aliphatic carbocycles. The Bertz CT molecular complexity index is 1340. The molecule has 1 amide bonds. The molecule has 0 saturated heterocycles. The molecule has 2 N–H and O–H groups in total. The summed E-state index contributed by atoms with van der Waals surface area (Å²) in [5.74, 6) is -0.641. The largest absolute Gasteiger partial charge is 0.344 e. The van der Waals surface area contributed by atoms with Gasteiger partial charge in [0.15, 0.2) is 9.84 Å². The summed E-state index contributed by atoms with van der Waals surface area (Å²) in [5, 5.41) is 4.35. The number of rotatable bonds is 5. The molecule has 4 rings (SSSR count).